The van der Waals surface area contributed by atoms with Gasteiger partial charge in [-0.1, -0.05) is 18.2 Å². The van der Waals surface area contributed by atoms with Crippen molar-refractivity contribution in [2.45, 2.75) is 31.5 Å². The van der Waals surface area contributed by atoms with E-state index in [9.17, 15) is 19.2 Å². The van der Waals surface area contributed by atoms with Crippen LogP contribution >= 0.6 is 0 Å². The van der Waals surface area contributed by atoms with E-state index in [-0.39, 0.29) is 24.8 Å². The van der Waals surface area contributed by atoms with Crippen LogP contribution in [0.15, 0.2) is 42.7 Å². The van der Waals surface area contributed by atoms with Crippen molar-refractivity contribution in [1.29, 1.82) is 0 Å². The van der Waals surface area contributed by atoms with E-state index < -0.39 is 23.8 Å². The third kappa shape index (κ3) is 3.59. The number of piperazine rings is 1. The van der Waals surface area contributed by atoms with Gasteiger partial charge in [0.2, 0.25) is 11.8 Å². The fraction of sp³-hybridized carbons (Fsp3) is 0.348. The molecule has 2 aromatic rings. The molecule has 0 spiro atoms. The molecule has 2 atom stereocenters. The van der Waals surface area contributed by atoms with Gasteiger partial charge in [-0.25, -0.2) is 0 Å². The van der Waals surface area contributed by atoms with Gasteiger partial charge in [-0.15, -0.1) is 0 Å². The van der Waals surface area contributed by atoms with Crippen molar-refractivity contribution >= 4 is 23.6 Å². The zero-order chi connectivity index (χ0) is 22.2. The van der Waals surface area contributed by atoms with Gasteiger partial charge in [-0.2, -0.15) is 0 Å². The van der Waals surface area contributed by atoms with Crippen molar-refractivity contribution in [2.75, 3.05) is 19.6 Å². The molecule has 0 bridgehead atoms. The summed E-state index contributed by atoms with van der Waals surface area (Å²) in [6.07, 6.45) is 3.85. The number of imide groups is 2. The zero-order valence-corrected chi connectivity index (χ0v) is 17.4. The minimum atomic E-state index is -0.956. The predicted molar refractivity (Wildman–Crippen MR) is 113 cm³/mol. The molecule has 3 aliphatic rings. The van der Waals surface area contributed by atoms with Crippen LogP contribution in [0.3, 0.4) is 0 Å². The highest BCUT2D eigenvalue weighted by Gasteiger charge is 2.45. The first-order chi connectivity index (χ1) is 15.5. The molecule has 3 aliphatic heterocycles. The van der Waals surface area contributed by atoms with Gasteiger partial charge in [0, 0.05) is 51.0 Å². The van der Waals surface area contributed by atoms with Crippen molar-refractivity contribution < 1.29 is 19.2 Å². The van der Waals surface area contributed by atoms with Crippen LogP contribution in [0.2, 0.25) is 0 Å². The number of hydrogen-bond donors (Lipinski definition) is 2. The zero-order valence-electron chi connectivity index (χ0n) is 17.4. The molecule has 4 amide bonds. The summed E-state index contributed by atoms with van der Waals surface area (Å²) in [6, 6.07) is 8.38. The average molecular weight is 433 g/mol. The van der Waals surface area contributed by atoms with Gasteiger partial charge in [-0.05, 0) is 29.7 Å². The third-order valence-electron chi connectivity index (χ3n) is 6.29. The summed E-state index contributed by atoms with van der Waals surface area (Å²) in [7, 11) is 0. The Morgan fingerprint density at radius 1 is 1.06 bits per heavy atom. The van der Waals surface area contributed by atoms with Crippen LogP contribution in [0.25, 0.3) is 0 Å². The molecule has 0 aliphatic carbocycles. The van der Waals surface area contributed by atoms with E-state index in [1.54, 1.807) is 18.3 Å². The maximum absolute atomic E-state index is 13.3. The van der Waals surface area contributed by atoms with Crippen molar-refractivity contribution in [3.63, 3.8) is 0 Å². The summed E-state index contributed by atoms with van der Waals surface area (Å²) >= 11 is 0. The number of carbonyl (C=O) groups is 4. The summed E-state index contributed by atoms with van der Waals surface area (Å²) in [5, 5.41) is 5.73. The molecule has 0 radical (unpaired) electrons. The van der Waals surface area contributed by atoms with Gasteiger partial charge in [-0.3, -0.25) is 39.3 Å². The normalized spacial score (nSPS) is 23.9. The SMILES string of the molecule is O=C1CCC(N2C(=O)c3cccc(CN4CCNC(c5cccnc5)C4)c3C2=O)C(=O)N1. The number of pyridine rings is 1. The quantitative estimate of drug-likeness (QED) is 0.680. The minimum Gasteiger partial charge on any atom is -0.308 e. The van der Waals surface area contributed by atoms with E-state index in [1.807, 2.05) is 24.4 Å². The van der Waals surface area contributed by atoms with Crippen molar-refractivity contribution in [2.24, 2.45) is 0 Å². The molecule has 1 aromatic heterocycles. The number of nitrogens with zero attached hydrogens (tertiary/aromatic N) is 3. The molecular weight excluding hydrogens is 410 g/mol. The molecule has 32 heavy (non-hydrogen) atoms. The standard InChI is InChI=1S/C23H23N5O4/c29-19-7-6-18(21(30)26-19)28-22(31)16-5-1-3-15(20(16)23(28)32)12-27-10-9-25-17(13-27)14-4-2-8-24-11-14/h1-5,8,11,17-18,25H,6-7,9-10,12-13H2,(H,26,29,30). The number of rotatable bonds is 4. The largest absolute Gasteiger partial charge is 0.308 e. The van der Waals surface area contributed by atoms with Crippen LogP contribution in [0.1, 0.15) is 50.7 Å². The summed E-state index contributed by atoms with van der Waals surface area (Å²) < 4.78 is 0. The Kier molecular flexibility index (Phi) is 5.28. The number of fused-ring (bicyclic) bond motifs is 1. The maximum atomic E-state index is 13.3. The number of hydrogen-bond acceptors (Lipinski definition) is 7. The lowest BCUT2D eigenvalue weighted by atomic mass is 10.0. The number of benzene rings is 1. The van der Waals surface area contributed by atoms with Gasteiger partial charge in [0.1, 0.15) is 6.04 Å². The smallest absolute Gasteiger partial charge is 0.262 e. The van der Waals surface area contributed by atoms with Crippen molar-refractivity contribution in [1.82, 2.24) is 25.4 Å². The number of piperidine rings is 1. The average Bonchev–Trinajstić information content (AvgIpc) is 3.06. The second-order valence-corrected chi connectivity index (χ2v) is 8.32. The Bertz CT molecular complexity index is 1100. The molecule has 2 fully saturated rings. The molecule has 1 aromatic carbocycles. The fourth-order valence-electron chi connectivity index (χ4n) is 4.72. The number of nitrogens with one attached hydrogen (secondary N) is 2. The van der Waals surface area contributed by atoms with Crippen molar-refractivity contribution in [3.05, 3.63) is 65.0 Å². The highest BCUT2D eigenvalue weighted by Crippen LogP contribution is 2.31. The molecule has 9 nitrogen and oxygen atoms in total. The molecule has 5 rings (SSSR count). The topological polar surface area (TPSA) is 112 Å². The molecule has 164 valence electrons. The van der Waals surface area contributed by atoms with Crippen molar-refractivity contribution in [3.8, 4) is 0 Å². The minimum absolute atomic E-state index is 0.104. The molecule has 2 N–H and O–H groups in total. The van der Waals surface area contributed by atoms with Crippen LogP contribution < -0.4 is 10.6 Å². The van der Waals surface area contributed by atoms with Gasteiger partial charge >= 0.3 is 0 Å². The summed E-state index contributed by atoms with van der Waals surface area (Å²) in [5.41, 5.74) is 2.54. The molecule has 0 saturated carbocycles. The van der Waals surface area contributed by atoms with Crippen LogP contribution in [-0.4, -0.2) is 64.1 Å². The number of aromatic nitrogens is 1. The molecule has 2 unspecified atom stereocenters. The fourth-order valence-corrected chi connectivity index (χ4v) is 4.72. The molecule has 2 saturated heterocycles. The van der Waals surface area contributed by atoms with E-state index in [0.29, 0.717) is 17.7 Å². The first-order valence-corrected chi connectivity index (χ1v) is 10.7. The monoisotopic (exact) mass is 433 g/mol. The Hall–Kier alpha value is -3.43. The lowest BCUT2D eigenvalue weighted by Crippen LogP contribution is -2.54. The maximum Gasteiger partial charge on any atom is 0.262 e. The van der Waals surface area contributed by atoms with Gasteiger partial charge in [0.15, 0.2) is 0 Å². The van der Waals surface area contributed by atoms with E-state index in [2.05, 4.69) is 20.5 Å². The lowest BCUT2D eigenvalue weighted by molar-refractivity contribution is -0.136. The predicted octanol–water partition coefficient (Wildman–Crippen LogP) is 0.629. The Morgan fingerprint density at radius 2 is 1.94 bits per heavy atom. The first-order valence-electron chi connectivity index (χ1n) is 10.7. The summed E-state index contributed by atoms with van der Waals surface area (Å²) in [5.74, 6) is -1.92. The highest BCUT2D eigenvalue weighted by atomic mass is 16.2. The molecule has 4 heterocycles. The van der Waals surface area contributed by atoms with Crippen LogP contribution in [0.4, 0.5) is 0 Å². The van der Waals surface area contributed by atoms with E-state index >= 15 is 0 Å². The second kappa shape index (κ2) is 8.25. The lowest BCUT2D eigenvalue weighted by Gasteiger charge is -2.34. The molecule has 9 heteroatoms. The highest BCUT2D eigenvalue weighted by molar-refractivity contribution is 6.24. The second-order valence-electron chi connectivity index (χ2n) is 8.32. The third-order valence-corrected chi connectivity index (χ3v) is 6.29. The van der Waals surface area contributed by atoms with E-state index in [4.69, 9.17) is 0 Å². The van der Waals surface area contributed by atoms with E-state index in [1.165, 1.54) is 0 Å². The summed E-state index contributed by atoms with van der Waals surface area (Å²) in [4.78, 5) is 57.6. The van der Waals surface area contributed by atoms with Gasteiger partial charge in [0.05, 0.1) is 11.1 Å². The Morgan fingerprint density at radius 3 is 2.72 bits per heavy atom. The number of carbonyl (C=O) groups excluding carboxylic acids is 4. The Labute approximate surface area is 184 Å². The molecular formula is C23H23N5O4. The van der Waals surface area contributed by atoms with E-state index in [0.717, 1.165) is 35.7 Å². The van der Waals surface area contributed by atoms with Gasteiger partial charge < -0.3 is 5.32 Å². The van der Waals surface area contributed by atoms with Crippen LogP contribution in [-0.2, 0) is 16.1 Å². The van der Waals surface area contributed by atoms with Gasteiger partial charge in [0.25, 0.3) is 11.8 Å². The summed E-state index contributed by atoms with van der Waals surface area (Å²) in [6.45, 7) is 2.86. The number of amides is 4. The first kappa shape index (κ1) is 20.5. The Balaban J connectivity index is 1.37. The van der Waals surface area contributed by atoms with Crippen LogP contribution in [0, 0.1) is 0 Å². The van der Waals surface area contributed by atoms with Crippen LogP contribution in [0.5, 0.6) is 0 Å².